The van der Waals surface area contributed by atoms with Gasteiger partial charge in [-0.25, -0.2) is 14.8 Å². The number of ketones is 1. The number of carbonyl (C=O) groups excluding carboxylic acids is 4. The first-order valence-corrected chi connectivity index (χ1v) is 13.3. The third kappa shape index (κ3) is 9.27. The number of nitrogens with two attached hydrogens (primary N) is 1. The van der Waals surface area contributed by atoms with E-state index in [1.165, 1.54) is 6.33 Å². The standard InChI is InChI=1S/C26H40ClN7O4/c1-16(2)20(24(37)32-18(21(36)26(3,4)5)9-6-7-12-29-25(28)38)33-19(35)10-8-13-34-14-11-17-22(27)30-15-31-23(17)34/h11,14-16,18,20H,6-10,12-13H2,1-5H3,(H,32,37)(H,33,35)(H3,28,29,38)/t18-,20-/m0/s1. The second-order valence-corrected chi connectivity index (χ2v) is 11.1. The average molecular weight is 550 g/mol. The Bertz CT molecular complexity index is 1130. The highest BCUT2D eigenvalue weighted by atomic mass is 35.5. The van der Waals surface area contributed by atoms with Crippen LogP contribution >= 0.6 is 11.6 Å². The Morgan fingerprint density at radius 2 is 1.79 bits per heavy atom. The number of halogens is 1. The number of nitrogens with zero attached hydrogens (tertiary/aromatic N) is 3. The lowest BCUT2D eigenvalue weighted by Gasteiger charge is -2.29. The molecule has 0 fully saturated rings. The van der Waals surface area contributed by atoms with E-state index in [9.17, 15) is 19.2 Å². The molecule has 0 spiro atoms. The molecule has 0 aromatic carbocycles. The van der Waals surface area contributed by atoms with E-state index in [-0.39, 0.29) is 24.0 Å². The van der Waals surface area contributed by atoms with Crippen LogP contribution in [0, 0.1) is 11.3 Å². The van der Waals surface area contributed by atoms with Crippen LogP contribution in [0.4, 0.5) is 4.79 Å². The van der Waals surface area contributed by atoms with Gasteiger partial charge in [-0.15, -0.1) is 0 Å². The Labute approximate surface area is 228 Å². The molecule has 210 valence electrons. The van der Waals surface area contributed by atoms with Crippen LogP contribution in [0.25, 0.3) is 11.0 Å². The van der Waals surface area contributed by atoms with Gasteiger partial charge < -0.3 is 26.3 Å². The average Bonchev–Trinajstić information content (AvgIpc) is 3.24. The molecule has 0 aliphatic rings. The quantitative estimate of drug-likeness (QED) is 0.209. The molecule has 2 aromatic heterocycles. The van der Waals surface area contributed by atoms with E-state index >= 15 is 0 Å². The van der Waals surface area contributed by atoms with E-state index in [0.29, 0.717) is 49.6 Å². The maximum Gasteiger partial charge on any atom is 0.312 e. The van der Waals surface area contributed by atoms with Crippen LogP contribution in [0.2, 0.25) is 5.15 Å². The smallest absolute Gasteiger partial charge is 0.312 e. The molecular weight excluding hydrogens is 510 g/mol. The summed E-state index contributed by atoms with van der Waals surface area (Å²) in [5, 5.41) is 9.35. The summed E-state index contributed by atoms with van der Waals surface area (Å²) in [5.74, 6) is -0.921. The zero-order chi connectivity index (χ0) is 28.5. The zero-order valence-corrected chi connectivity index (χ0v) is 23.6. The lowest BCUT2D eigenvalue weighted by Crippen LogP contribution is -2.55. The molecule has 2 heterocycles. The van der Waals surface area contributed by atoms with Gasteiger partial charge in [-0.05, 0) is 37.7 Å². The van der Waals surface area contributed by atoms with Gasteiger partial charge in [0.05, 0.1) is 11.4 Å². The Balaban J connectivity index is 1.95. The minimum Gasteiger partial charge on any atom is -0.352 e. The number of nitrogens with one attached hydrogen (secondary N) is 3. The van der Waals surface area contributed by atoms with Crippen molar-refractivity contribution in [2.45, 2.75) is 85.4 Å². The minimum atomic E-state index is -0.784. The van der Waals surface area contributed by atoms with Crippen LogP contribution in [0.15, 0.2) is 18.6 Å². The highest BCUT2D eigenvalue weighted by Crippen LogP contribution is 2.21. The minimum absolute atomic E-state index is 0.0922. The summed E-state index contributed by atoms with van der Waals surface area (Å²) >= 11 is 6.10. The zero-order valence-electron chi connectivity index (χ0n) is 22.8. The van der Waals surface area contributed by atoms with E-state index in [0.717, 1.165) is 5.39 Å². The van der Waals surface area contributed by atoms with Gasteiger partial charge in [0, 0.05) is 31.1 Å². The number of carbonyl (C=O) groups is 4. The van der Waals surface area contributed by atoms with Gasteiger partial charge in [0.25, 0.3) is 0 Å². The van der Waals surface area contributed by atoms with Crippen molar-refractivity contribution in [3.05, 3.63) is 23.7 Å². The number of rotatable bonds is 14. The third-order valence-corrected chi connectivity index (χ3v) is 6.47. The summed E-state index contributed by atoms with van der Waals surface area (Å²) < 4.78 is 1.91. The molecule has 5 N–H and O–H groups in total. The van der Waals surface area contributed by atoms with Gasteiger partial charge >= 0.3 is 6.03 Å². The van der Waals surface area contributed by atoms with Crippen LogP contribution in [-0.4, -0.2) is 56.8 Å². The predicted molar refractivity (Wildman–Crippen MR) is 146 cm³/mol. The lowest BCUT2D eigenvalue weighted by atomic mass is 9.84. The van der Waals surface area contributed by atoms with E-state index in [4.69, 9.17) is 17.3 Å². The molecule has 0 aliphatic heterocycles. The van der Waals surface area contributed by atoms with Crippen molar-refractivity contribution in [1.82, 2.24) is 30.5 Å². The first-order chi connectivity index (χ1) is 17.8. The molecule has 0 bridgehead atoms. The molecule has 0 saturated carbocycles. The summed E-state index contributed by atoms with van der Waals surface area (Å²) in [4.78, 5) is 58.0. The normalized spacial score (nSPS) is 13.2. The second-order valence-electron chi connectivity index (χ2n) is 10.8. The third-order valence-electron chi connectivity index (χ3n) is 6.17. The van der Waals surface area contributed by atoms with E-state index in [1.54, 1.807) is 20.8 Å². The highest BCUT2D eigenvalue weighted by molar-refractivity contribution is 6.33. The molecule has 2 atom stereocenters. The van der Waals surface area contributed by atoms with Gasteiger partial charge in [0.15, 0.2) is 5.78 Å². The summed E-state index contributed by atoms with van der Waals surface area (Å²) in [7, 11) is 0. The number of aryl methyl sites for hydroxylation is 1. The Hall–Kier alpha value is -3.21. The van der Waals surface area contributed by atoms with Crippen LogP contribution in [0.1, 0.15) is 66.7 Å². The molecule has 11 nitrogen and oxygen atoms in total. The summed E-state index contributed by atoms with van der Waals surface area (Å²) in [6, 6.07) is -0.255. The second kappa shape index (κ2) is 14.1. The van der Waals surface area contributed by atoms with E-state index in [2.05, 4.69) is 25.9 Å². The largest absolute Gasteiger partial charge is 0.352 e. The highest BCUT2D eigenvalue weighted by Gasteiger charge is 2.33. The topological polar surface area (TPSA) is 161 Å². The molecule has 0 saturated heterocycles. The number of hydrogen-bond donors (Lipinski definition) is 4. The molecular formula is C26H40ClN7O4. The van der Waals surface area contributed by atoms with E-state index in [1.807, 2.05) is 30.7 Å². The van der Waals surface area contributed by atoms with Gasteiger partial charge in [0.1, 0.15) is 23.2 Å². The fourth-order valence-corrected chi connectivity index (χ4v) is 4.27. The molecule has 0 aliphatic carbocycles. The van der Waals surface area contributed by atoms with Gasteiger partial charge in [-0.1, -0.05) is 46.2 Å². The van der Waals surface area contributed by atoms with E-state index < -0.39 is 29.4 Å². The van der Waals surface area contributed by atoms with Crippen molar-refractivity contribution in [2.24, 2.45) is 17.1 Å². The number of primary amides is 1. The number of fused-ring (bicyclic) bond motifs is 1. The number of unbranched alkanes of at least 4 members (excludes halogenated alkanes) is 1. The molecule has 2 aromatic rings. The van der Waals surface area contributed by atoms with Crippen LogP contribution in [0.5, 0.6) is 0 Å². The van der Waals surface area contributed by atoms with Crippen molar-refractivity contribution < 1.29 is 19.2 Å². The maximum absolute atomic E-state index is 13.2. The fraction of sp³-hybridized carbons (Fsp3) is 0.615. The molecule has 0 radical (unpaired) electrons. The monoisotopic (exact) mass is 549 g/mol. The first-order valence-electron chi connectivity index (χ1n) is 12.9. The first kappa shape index (κ1) is 31.0. The fourth-order valence-electron chi connectivity index (χ4n) is 4.08. The number of amides is 4. The molecule has 0 unspecified atom stereocenters. The molecule has 12 heteroatoms. The SMILES string of the molecule is CC(C)[C@H](NC(=O)CCCn1ccc2c(Cl)ncnc21)C(=O)N[C@@H](CCCCNC(N)=O)C(=O)C(C)(C)C. The van der Waals surface area contributed by atoms with Crippen LogP contribution in [-0.2, 0) is 20.9 Å². The number of urea groups is 1. The van der Waals surface area contributed by atoms with Gasteiger partial charge in [-0.3, -0.25) is 14.4 Å². The summed E-state index contributed by atoms with van der Waals surface area (Å²) in [6.07, 6.45) is 5.64. The van der Waals surface area contributed by atoms with Crippen molar-refractivity contribution in [3.8, 4) is 0 Å². The van der Waals surface area contributed by atoms with Gasteiger partial charge in [-0.2, -0.15) is 0 Å². The van der Waals surface area contributed by atoms with Crippen molar-refractivity contribution in [2.75, 3.05) is 6.54 Å². The van der Waals surface area contributed by atoms with Crippen LogP contribution in [0.3, 0.4) is 0 Å². The van der Waals surface area contributed by atoms with Crippen molar-refractivity contribution in [3.63, 3.8) is 0 Å². The number of aromatic nitrogens is 3. The van der Waals surface area contributed by atoms with Gasteiger partial charge in [0.2, 0.25) is 11.8 Å². The molecule has 4 amide bonds. The summed E-state index contributed by atoms with van der Waals surface area (Å²) in [5.41, 5.74) is 5.13. The van der Waals surface area contributed by atoms with Crippen molar-refractivity contribution >= 4 is 46.3 Å². The Morgan fingerprint density at radius 3 is 2.42 bits per heavy atom. The Kier molecular flexibility index (Phi) is 11.5. The maximum atomic E-state index is 13.2. The number of hydrogen-bond acceptors (Lipinski definition) is 6. The summed E-state index contributed by atoms with van der Waals surface area (Å²) in [6.45, 7) is 10.0. The molecule has 38 heavy (non-hydrogen) atoms. The number of Topliss-reactive ketones (excluding diaryl/α,β-unsaturated/α-hetero) is 1. The molecule has 2 rings (SSSR count). The van der Waals surface area contributed by atoms with Crippen LogP contribution < -0.4 is 21.7 Å². The Morgan fingerprint density at radius 1 is 1.08 bits per heavy atom. The predicted octanol–water partition coefficient (Wildman–Crippen LogP) is 2.94. The lowest BCUT2D eigenvalue weighted by molar-refractivity contribution is -0.135. The van der Waals surface area contributed by atoms with Crippen molar-refractivity contribution in [1.29, 1.82) is 0 Å².